The SMILES string of the molecule is Cn1c(CCCNC(=O)NC2CCCCC2)nnc1-c1ccccc1. The van der Waals surface area contributed by atoms with Crippen LogP contribution in [-0.4, -0.2) is 33.4 Å². The first-order chi connectivity index (χ1) is 12.2. The molecule has 1 aromatic carbocycles. The Morgan fingerprint density at radius 2 is 1.92 bits per heavy atom. The molecule has 0 bridgehead atoms. The van der Waals surface area contributed by atoms with Crippen molar-refractivity contribution in [3.05, 3.63) is 36.2 Å². The number of carbonyl (C=O) groups is 1. The first kappa shape index (κ1) is 17.5. The predicted molar refractivity (Wildman–Crippen MR) is 98.2 cm³/mol. The van der Waals surface area contributed by atoms with Gasteiger partial charge in [-0.3, -0.25) is 0 Å². The summed E-state index contributed by atoms with van der Waals surface area (Å²) in [5.41, 5.74) is 1.06. The molecule has 2 aromatic rings. The molecule has 1 heterocycles. The van der Waals surface area contributed by atoms with E-state index in [9.17, 15) is 4.79 Å². The van der Waals surface area contributed by atoms with E-state index in [4.69, 9.17) is 0 Å². The summed E-state index contributed by atoms with van der Waals surface area (Å²) in [4.78, 5) is 11.9. The number of nitrogens with one attached hydrogen (secondary N) is 2. The summed E-state index contributed by atoms with van der Waals surface area (Å²) in [7, 11) is 1.99. The molecule has 2 N–H and O–H groups in total. The molecule has 0 unspecified atom stereocenters. The van der Waals surface area contributed by atoms with Crippen molar-refractivity contribution in [1.82, 2.24) is 25.4 Å². The topological polar surface area (TPSA) is 71.8 Å². The lowest BCUT2D eigenvalue weighted by Crippen LogP contribution is -2.43. The van der Waals surface area contributed by atoms with Crippen molar-refractivity contribution in [3.8, 4) is 11.4 Å². The van der Waals surface area contributed by atoms with Crippen LogP contribution in [0.3, 0.4) is 0 Å². The average molecular weight is 341 g/mol. The Kier molecular flexibility index (Phi) is 6.04. The van der Waals surface area contributed by atoms with Gasteiger partial charge < -0.3 is 15.2 Å². The zero-order valence-corrected chi connectivity index (χ0v) is 14.9. The third-order valence-electron chi connectivity index (χ3n) is 4.80. The zero-order chi connectivity index (χ0) is 17.5. The highest BCUT2D eigenvalue weighted by Gasteiger charge is 2.15. The Labute approximate surface area is 149 Å². The molecule has 0 saturated heterocycles. The monoisotopic (exact) mass is 341 g/mol. The lowest BCUT2D eigenvalue weighted by Gasteiger charge is -2.22. The van der Waals surface area contributed by atoms with Gasteiger partial charge in [0.1, 0.15) is 5.82 Å². The molecular formula is C19H27N5O. The molecule has 6 heteroatoms. The molecule has 1 fully saturated rings. The summed E-state index contributed by atoms with van der Waals surface area (Å²) < 4.78 is 2.03. The maximum Gasteiger partial charge on any atom is 0.315 e. The normalized spacial score (nSPS) is 15.1. The molecule has 134 valence electrons. The number of benzene rings is 1. The molecule has 1 aromatic heterocycles. The highest BCUT2D eigenvalue weighted by atomic mass is 16.2. The van der Waals surface area contributed by atoms with Crippen molar-refractivity contribution in [2.24, 2.45) is 7.05 Å². The molecule has 2 amide bonds. The third-order valence-corrected chi connectivity index (χ3v) is 4.80. The zero-order valence-electron chi connectivity index (χ0n) is 14.9. The van der Waals surface area contributed by atoms with Gasteiger partial charge in [0.2, 0.25) is 0 Å². The van der Waals surface area contributed by atoms with Gasteiger partial charge in [0.25, 0.3) is 0 Å². The first-order valence-electron chi connectivity index (χ1n) is 9.22. The van der Waals surface area contributed by atoms with Crippen LogP contribution in [0.2, 0.25) is 0 Å². The number of hydrogen-bond acceptors (Lipinski definition) is 3. The van der Waals surface area contributed by atoms with Crippen LogP contribution in [0.5, 0.6) is 0 Å². The van der Waals surface area contributed by atoms with Crippen LogP contribution in [-0.2, 0) is 13.5 Å². The van der Waals surface area contributed by atoms with Crippen molar-refractivity contribution in [3.63, 3.8) is 0 Å². The van der Waals surface area contributed by atoms with Gasteiger partial charge in [-0.05, 0) is 19.3 Å². The van der Waals surface area contributed by atoms with Crippen LogP contribution in [0.15, 0.2) is 30.3 Å². The number of aryl methyl sites for hydroxylation is 1. The van der Waals surface area contributed by atoms with E-state index in [-0.39, 0.29) is 6.03 Å². The lowest BCUT2D eigenvalue weighted by molar-refractivity contribution is 0.232. The van der Waals surface area contributed by atoms with Crippen LogP contribution < -0.4 is 10.6 Å². The number of carbonyl (C=O) groups excluding carboxylic acids is 1. The average Bonchev–Trinajstić information content (AvgIpc) is 3.01. The van der Waals surface area contributed by atoms with Gasteiger partial charge >= 0.3 is 6.03 Å². The van der Waals surface area contributed by atoms with Crippen molar-refractivity contribution in [1.29, 1.82) is 0 Å². The second-order valence-corrected chi connectivity index (χ2v) is 6.70. The van der Waals surface area contributed by atoms with E-state index in [0.29, 0.717) is 12.6 Å². The van der Waals surface area contributed by atoms with Gasteiger partial charge in [0.15, 0.2) is 5.82 Å². The maximum absolute atomic E-state index is 11.9. The largest absolute Gasteiger partial charge is 0.338 e. The second kappa shape index (κ2) is 8.65. The fraction of sp³-hybridized carbons (Fsp3) is 0.526. The van der Waals surface area contributed by atoms with E-state index in [2.05, 4.69) is 20.8 Å². The molecule has 1 saturated carbocycles. The minimum atomic E-state index is -0.0464. The summed E-state index contributed by atoms with van der Waals surface area (Å²) in [5, 5.41) is 14.6. The Bertz CT molecular complexity index is 676. The van der Waals surface area contributed by atoms with Gasteiger partial charge in [-0.2, -0.15) is 0 Å². The van der Waals surface area contributed by atoms with Gasteiger partial charge in [-0.1, -0.05) is 49.6 Å². The molecule has 0 spiro atoms. The van der Waals surface area contributed by atoms with Crippen molar-refractivity contribution in [2.45, 2.75) is 51.0 Å². The van der Waals surface area contributed by atoms with E-state index >= 15 is 0 Å². The van der Waals surface area contributed by atoms with Crippen molar-refractivity contribution >= 4 is 6.03 Å². The summed E-state index contributed by atoms with van der Waals surface area (Å²) in [6, 6.07) is 10.4. The minimum absolute atomic E-state index is 0.0464. The third kappa shape index (κ3) is 4.81. The standard InChI is InChI=1S/C19H27N5O/c1-24-17(22-23-18(24)15-9-4-2-5-10-15)13-8-14-20-19(25)21-16-11-6-3-7-12-16/h2,4-5,9-10,16H,3,6-8,11-14H2,1H3,(H2,20,21,25). The lowest BCUT2D eigenvalue weighted by atomic mass is 9.96. The smallest absolute Gasteiger partial charge is 0.315 e. The van der Waals surface area contributed by atoms with Crippen LogP contribution in [0, 0.1) is 0 Å². The quantitative estimate of drug-likeness (QED) is 0.793. The maximum atomic E-state index is 11.9. The summed E-state index contributed by atoms with van der Waals surface area (Å²) in [5.74, 6) is 1.81. The summed E-state index contributed by atoms with van der Waals surface area (Å²) in [6.07, 6.45) is 7.59. The number of amides is 2. The van der Waals surface area contributed by atoms with Crippen molar-refractivity contribution < 1.29 is 4.79 Å². The number of aromatic nitrogens is 3. The van der Waals surface area contributed by atoms with E-state index < -0.39 is 0 Å². The van der Waals surface area contributed by atoms with Crippen LogP contribution in [0.1, 0.15) is 44.3 Å². The van der Waals surface area contributed by atoms with Crippen LogP contribution in [0.4, 0.5) is 4.79 Å². The molecule has 0 atom stereocenters. The highest BCUT2D eigenvalue weighted by molar-refractivity contribution is 5.74. The molecule has 0 radical (unpaired) electrons. The van der Waals surface area contributed by atoms with Crippen molar-refractivity contribution in [2.75, 3.05) is 6.54 Å². The molecule has 0 aliphatic heterocycles. The minimum Gasteiger partial charge on any atom is -0.338 e. The van der Waals surface area contributed by atoms with E-state index in [1.54, 1.807) is 0 Å². The predicted octanol–water partition coefficient (Wildman–Crippen LogP) is 3.05. The van der Waals surface area contributed by atoms with Gasteiger partial charge in [-0.15, -0.1) is 10.2 Å². The molecule has 6 nitrogen and oxygen atoms in total. The summed E-state index contributed by atoms with van der Waals surface area (Å²) in [6.45, 7) is 0.645. The first-order valence-corrected chi connectivity index (χ1v) is 9.22. The van der Waals surface area contributed by atoms with E-state index in [1.165, 1.54) is 19.3 Å². The molecule has 25 heavy (non-hydrogen) atoms. The van der Waals surface area contributed by atoms with Gasteiger partial charge in [0, 0.05) is 31.6 Å². The molecule has 1 aliphatic carbocycles. The van der Waals surface area contributed by atoms with E-state index in [1.807, 2.05) is 41.9 Å². The Balaban J connectivity index is 1.42. The van der Waals surface area contributed by atoms with Gasteiger partial charge in [-0.25, -0.2) is 4.79 Å². The van der Waals surface area contributed by atoms with Crippen LogP contribution >= 0.6 is 0 Å². The fourth-order valence-electron chi connectivity index (χ4n) is 3.35. The van der Waals surface area contributed by atoms with Crippen LogP contribution in [0.25, 0.3) is 11.4 Å². The number of hydrogen-bond donors (Lipinski definition) is 2. The number of urea groups is 1. The molecule has 3 rings (SSSR count). The highest BCUT2D eigenvalue weighted by Crippen LogP contribution is 2.18. The Hall–Kier alpha value is -2.37. The van der Waals surface area contributed by atoms with E-state index in [0.717, 1.165) is 42.9 Å². The number of nitrogens with zero attached hydrogens (tertiary/aromatic N) is 3. The number of rotatable bonds is 6. The molecular weight excluding hydrogens is 314 g/mol. The Morgan fingerprint density at radius 3 is 2.68 bits per heavy atom. The second-order valence-electron chi connectivity index (χ2n) is 6.70. The summed E-state index contributed by atoms with van der Waals surface area (Å²) >= 11 is 0. The van der Waals surface area contributed by atoms with Gasteiger partial charge in [0.05, 0.1) is 0 Å². The Morgan fingerprint density at radius 1 is 1.16 bits per heavy atom. The fourth-order valence-corrected chi connectivity index (χ4v) is 3.35. The molecule has 1 aliphatic rings.